The van der Waals surface area contributed by atoms with Crippen molar-refractivity contribution in [2.24, 2.45) is 0 Å². The third kappa shape index (κ3) is 2.82. The maximum absolute atomic E-state index is 11.3. The predicted molar refractivity (Wildman–Crippen MR) is 82.1 cm³/mol. The average Bonchev–Trinajstić information content (AvgIpc) is 2.70. The molecule has 0 unspecified atom stereocenters. The van der Waals surface area contributed by atoms with E-state index in [-0.39, 0.29) is 5.91 Å². The summed E-state index contributed by atoms with van der Waals surface area (Å²) >= 11 is 0. The van der Waals surface area contributed by atoms with E-state index in [2.05, 4.69) is 20.1 Å². The molecule has 0 atom stereocenters. The molecule has 2 heterocycles. The van der Waals surface area contributed by atoms with E-state index in [4.69, 9.17) is 0 Å². The number of carbonyl (C=O) groups is 1. The zero-order chi connectivity index (χ0) is 14.8. The van der Waals surface area contributed by atoms with Gasteiger partial charge in [0.05, 0.1) is 0 Å². The molecule has 0 radical (unpaired) electrons. The summed E-state index contributed by atoms with van der Waals surface area (Å²) in [5, 5.41) is 11.6. The Kier molecular flexibility index (Phi) is 3.73. The number of carbonyl (C=O) groups excluding carboxylic acids is 1. The van der Waals surface area contributed by atoms with Crippen molar-refractivity contribution >= 4 is 11.6 Å². The fourth-order valence-electron chi connectivity index (χ4n) is 2.78. The summed E-state index contributed by atoms with van der Waals surface area (Å²) in [4.78, 5) is 11.3. The van der Waals surface area contributed by atoms with Gasteiger partial charge >= 0.3 is 0 Å². The van der Waals surface area contributed by atoms with Crippen molar-refractivity contribution in [1.82, 2.24) is 14.8 Å². The molecule has 2 aromatic rings. The number of hydrogen-bond acceptors (Lipinski definition) is 3. The first-order valence-corrected chi connectivity index (χ1v) is 7.46. The van der Waals surface area contributed by atoms with Gasteiger partial charge in [-0.2, -0.15) is 0 Å². The standard InChI is InChI=1S/C16H20N4O/c1-11-7-8-13(10-14(11)17-12(2)21)16-19-18-15-6-4-3-5-9-20(15)16/h7-8,10H,3-6,9H2,1-2H3,(H,17,21). The molecule has 1 aromatic heterocycles. The van der Waals surface area contributed by atoms with Crippen molar-refractivity contribution in [3.8, 4) is 11.4 Å². The van der Waals surface area contributed by atoms with E-state index in [1.54, 1.807) is 0 Å². The topological polar surface area (TPSA) is 59.8 Å². The van der Waals surface area contributed by atoms with Crippen LogP contribution in [0.3, 0.4) is 0 Å². The van der Waals surface area contributed by atoms with Crippen molar-refractivity contribution in [2.45, 2.75) is 46.1 Å². The summed E-state index contributed by atoms with van der Waals surface area (Å²) in [6.07, 6.45) is 4.59. The highest BCUT2D eigenvalue weighted by Gasteiger charge is 2.16. The average molecular weight is 284 g/mol. The lowest BCUT2D eigenvalue weighted by molar-refractivity contribution is -0.114. The Bertz CT molecular complexity index is 675. The molecule has 1 amide bonds. The number of aryl methyl sites for hydroxylation is 2. The Morgan fingerprint density at radius 1 is 1.24 bits per heavy atom. The van der Waals surface area contributed by atoms with E-state index in [0.29, 0.717) is 0 Å². The van der Waals surface area contributed by atoms with Crippen LogP contribution < -0.4 is 5.32 Å². The van der Waals surface area contributed by atoms with E-state index in [1.165, 1.54) is 26.2 Å². The number of hydrogen-bond donors (Lipinski definition) is 1. The molecule has 1 N–H and O–H groups in total. The molecule has 0 saturated carbocycles. The lowest BCUT2D eigenvalue weighted by Gasteiger charge is -2.11. The van der Waals surface area contributed by atoms with Gasteiger partial charge in [-0.05, 0) is 31.4 Å². The second-order valence-corrected chi connectivity index (χ2v) is 5.61. The van der Waals surface area contributed by atoms with Crippen LogP contribution in [0.15, 0.2) is 18.2 Å². The van der Waals surface area contributed by atoms with Crippen molar-refractivity contribution in [3.63, 3.8) is 0 Å². The molecule has 1 aromatic carbocycles. The zero-order valence-electron chi connectivity index (χ0n) is 12.5. The van der Waals surface area contributed by atoms with Crippen LogP contribution in [0.25, 0.3) is 11.4 Å². The number of nitrogens with one attached hydrogen (secondary N) is 1. The second-order valence-electron chi connectivity index (χ2n) is 5.61. The Hall–Kier alpha value is -2.17. The Balaban J connectivity index is 2.01. The third-order valence-corrected chi connectivity index (χ3v) is 3.92. The number of amides is 1. The molecule has 21 heavy (non-hydrogen) atoms. The van der Waals surface area contributed by atoms with E-state index in [1.807, 2.05) is 25.1 Å². The number of benzene rings is 1. The molecule has 5 nitrogen and oxygen atoms in total. The summed E-state index contributed by atoms with van der Waals surface area (Å²) in [6, 6.07) is 6.04. The molecule has 0 aliphatic carbocycles. The van der Waals surface area contributed by atoms with Crippen molar-refractivity contribution in [2.75, 3.05) is 5.32 Å². The number of fused-ring (bicyclic) bond motifs is 1. The van der Waals surface area contributed by atoms with Gasteiger partial charge in [-0.15, -0.1) is 10.2 Å². The third-order valence-electron chi connectivity index (χ3n) is 3.92. The van der Waals surface area contributed by atoms with E-state index in [9.17, 15) is 4.79 Å². The Morgan fingerprint density at radius 2 is 2.10 bits per heavy atom. The second kappa shape index (κ2) is 5.68. The van der Waals surface area contributed by atoms with Crippen LogP contribution in [-0.2, 0) is 17.8 Å². The molecule has 0 bridgehead atoms. The van der Waals surface area contributed by atoms with Crippen molar-refractivity contribution in [3.05, 3.63) is 29.6 Å². The van der Waals surface area contributed by atoms with E-state index < -0.39 is 0 Å². The van der Waals surface area contributed by atoms with Crippen LogP contribution in [0.1, 0.15) is 37.6 Å². The summed E-state index contributed by atoms with van der Waals surface area (Å²) in [5.74, 6) is 1.91. The number of rotatable bonds is 2. The van der Waals surface area contributed by atoms with Gasteiger partial charge in [0, 0.05) is 31.1 Å². The first-order chi connectivity index (χ1) is 10.1. The van der Waals surface area contributed by atoms with E-state index >= 15 is 0 Å². The Morgan fingerprint density at radius 3 is 2.90 bits per heavy atom. The molecular weight excluding hydrogens is 264 g/mol. The van der Waals surface area contributed by atoms with Crippen LogP contribution >= 0.6 is 0 Å². The maximum Gasteiger partial charge on any atom is 0.221 e. The maximum atomic E-state index is 11.3. The van der Waals surface area contributed by atoms with Gasteiger partial charge in [0.2, 0.25) is 5.91 Å². The molecule has 1 aliphatic heterocycles. The van der Waals surface area contributed by atoms with Gasteiger partial charge in [-0.3, -0.25) is 4.79 Å². The number of anilines is 1. The fourth-order valence-corrected chi connectivity index (χ4v) is 2.78. The highest BCUT2D eigenvalue weighted by atomic mass is 16.1. The SMILES string of the molecule is CC(=O)Nc1cc(-c2nnc3n2CCCCC3)ccc1C. The first-order valence-electron chi connectivity index (χ1n) is 7.46. The summed E-state index contributed by atoms with van der Waals surface area (Å²) in [7, 11) is 0. The van der Waals surface area contributed by atoms with Crippen molar-refractivity contribution < 1.29 is 4.79 Å². The largest absolute Gasteiger partial charge is 0.326 e. The van der Waals surface area contributed by atoms with Crippen LogP contribution in [0, 0.1) is 6.92 Å². The molecule has 0 spiro atoms. The van der Waals surface area contributed by atoms with Crippen LogP contribution in [-0.4, -0.2) is 20.7 Å². The van der Waals surface area contributed by atoms with Crippen LogP contribution in [0.2, 0.25) is 0 Å². The summed E-state index contributed by atoms with van der Waals surface area (Å²) in [6.45, 7) is 4.48. The first kappa shape index (κ1) is 13.8. The highest BCUT2D eigenvalue weighted by molar-refractivity contribution is 5.90. The van der Waals surface area contributed by atoms with Crippen molar-refractivity contribution in [1.29, 1.82) is 0 Å². The molecule has 0 fully saturated rings. The summed E-state index contributed by atoms with van der Waals surface area (Å²) < 4.78 is 2.22. The quantitative estimate of drug-likeness (QED) is 0.922. The highest BCUT2D eigenvalue weighted by Crippen LogP contribution is 2.26. The van der Waals surface area contributed by atoms with Gasteiger partial charge in [-0.1, -0.05) is 18.6 Å². The molecular formula is C16H20N4O. The predicted octanol–water partition coefficient (Wildman–Crippen LogP) is 2.94. The molecule has 5 heteroatoms. The van der Waals surface area contributed by atoms with Gasteiger partial charge in [0.25, 0.3) is 0 Å². The molecule has 110 valence electrons. The normalized spacial score (nSPS) is 14.4. The van der Waals surface area contributed by atoms with Crippen LogP contribution in [0.5, 0.6) is 0 Å². The minimum atomic E-state index is -0.0599. The number of nitrogens with zero attached hydrogens (tertiary/aromatic N) is 3. The molecule has 3 rings (SSSR count). The van der Waals surface area contributed by atoms with Gasteiger partial charge in [-0.25, -0.2) is 0 Å². The Labute approximate surface area is 124 Å². The van der Waals surface area contributed by atoms with Gasteiger partial charge in [0.1, 0.15) is 5.82 Å². The smallest absolute Gasteiger partial charge is 0.221 e. The summed E-state index contributed by atoms with van der Waals surface area (Å²) in [5.41, 5.74) is 2.89. The minimum absolute atomic E-state index is 0.0599. The molecule has 1 aliphatic rings. The fraction of sp³-hybridized carbons (Fsp3) is 0.438. The zero-order valence-corrected chi connectivity index (χ0v) is 12.5. The lowest BCUT2D eigenvalue weighted by atomic mass is 10.1. The monoisotopic (exact) mass is 284 g/mol. The minimum Gasteiger partial charge on any atom is -0.326 e. The number of aromatic nitrogens is 3. The van der Waals surface area contributed by atoms with E-state index in [0.717, 1.165) is 41.4 Å². The van der Waals surface area contributed by atoms with Gasteiger partial charge < -0.3 is 9.88 Å². The lowest BCUT2D eigenvalue weighted by Crippen LogP contribution is -2.08. The molecule has 0 saturated heterocycles. The van der Waals surface area contributed by atoms with Gasteiger partial charge in [0.15, 0.2) is 5.82 Å². The van der Waals surface area contributed by atoms with Crippen LogP contribution in [0.4, 0.5) is 5.69 Å².